The summed E-state index contributed by atoms with van der Waals surface area (Å²) in [5, 5.41) is 49.9. The highest BCUT2D eigenvalue weighted by molar-refractivity contribution is 5.97. The van der Waals surface area contributed by atoms with Crippen molar-refractivity contribution in [3.8, 4) is 0 Å². The summed E-state index contributed by atoms with van der Waals surface area (Å²) in [5.74, 6) is -9.35. The van der Waals surface area contributed by atoms with Crippen molar-refractivity contribution in [3.63, 3.8) is 0 Å². The van der Waals surface area contributed by atoms with Crippen molar-refractivity contribution in [2.75, 3.05) is 45.0 Å². The first-order valence-electron chi connectivity index (χ1n) is 29.1. The largest absolute Gasteiger partial charge is 0.480 e. The van der Waals surface area contributed by atoms with E-state index in [1.807, 2.05) is 0 Å². The number of anilines is 1. The van der Waals surface area contributed by atoms with Crippen LogP contribution >= 0.6 is 0 Å². The Kier molecular flexibility index (Phi) is 32.1. The lowest BCUT2D eigenvalue weighted by atomic mass is 10.0. The van der Waals surface area contributed by atoms with Crippen molar-refractivity contribution in [2.45, 2.75) is 157 Å². The van der Waals surface area contributed by atoms with Gasteiger partial charge in [0.25, 0.3) is 5.91 Å². The minimum atomic E-state index is -1.75. The first kappa shape index (κ1) is 75.9. The number of nitrogens with one attached hydrogen (secondary N) is 7. The first-order valence-corrected chi connectivity index (χ1v) is 29.1. The molecule has 1 saturated heterocycles. The summed E-state index contributed by atoms with van der Waals surface area (Å²) in [6.45, 7) is 1.35. The Hall–Kier alpha value is -10.4. The van der Waals surface area contributed by atoms with Gasteiger partial charge in [-0.15, -0.1) is 0 Å². The molecule has 0 radical (unpaired) electrons. The van der Waals surface area contributed by atoms with Crippen LogP contribution in [0, 0.1) is 0 Å². The van der Waals surface area contributed by atoms with Gasteiger partial charge in [0.1, 0.15) is 60.3 Å². The molecular weight excluding hydrogens is 1210 g/mol. The third-order valence-electron chi connectivity index (χ3n) is 13.5. The second kappa shape index (κ2) is 38.9. The van der Waals surface area contributed by atoms with Crippen LogP contribution in [-0.4, -0.2) is 218 Å². The molecule has 2 aromatic heterocycles. The molecule has 3 heterocycles. The van der Waals surface area contributed by atoms with Gasteiger partial charge in [-0.3, -0.25) is 68.1 Å². The molecule has 0 saturated carbocycles. The Labute approximate surface area is 527 Å². The lowest BCUT2D eigenvalue weighted by Crippen LogP contribution is -2.59. The lowest BCUT2D eigenvalue weighted by molar-refractivity contribution is -0.142. The summed E-state index contributed by atoms with van der Waals surface area (Å²) in [7, 11) is 0. The van der Waals surface area contributed by atoms with E-state index in [4.69, 9.17) is 79.3 Å². The molecule has 1 aliphatic rings. The van der Waals surface area contributed by atoms with Crippen LogP contribution in [0.5, 0.6) is 0 Å². The van der Waals surface area contributed by atoms with Crippen molar-refractivity contribution in [3.05, 3.63) is 12.7 Å². The predicted molar refractivity (Wildman–Crippen MR) is 337 cm³/mol. The number of nitrogen functional groups attached to an aromatic ring is 1. The predicted octanol–water partition coefficient (Wildman–Crippen LogP) is -10.8. The molecule has 11 atom stereocenters. The molecule has 0 bridgehead atoms. The van der Waals surface area contributed by atoms with Gasteiger partial charge in [0.05, 0.1) is 6.33 Å². The number of carboxylic acids is 1. The molecule has 0 aliphatic carbocycles. The molecule has 1 fully saturated rings. The van der Waals surface area contributed by atoms with E-state index in [1.54, 1.807) is 0 Å². The van der Waals surface area contributed by atoms with Crippen molar-refractivity contribution < 1.29 is 58.4 Å². The van der Waals surface area contributed by atoms with Crippen molar-refractivity contribution >= 4 is 100 Å². The molecule has 512 valence electrons. The maximum absolute atomic E-state index is 14.6. The Morgan fingerprint density at radius 3 is 1.15 bits per heavy atom. The van der Waals surface area contributed by atoms with Gasteiger partial charge in [-0.2, -0.15) is 0 Å². The number of carbonyl (C=O) groups excluding carboxylic acids is 7. The number of nitrogens with zero attached hydrogens (tertiary/aromatic N) is 10. The van der Waals surface area contributed by atoms with Crippen LogP contribution in [0.25, 0.3) is 11.2 Å². The van der Waals surface area contributed by atoms with Crippen LogP contribution in [0.3, 0.4) is 0 Å². The molecular formula is C50H90N30O12. The van der Waals surface area contributed by atoms with Crippen LogP contribution in [-0.2, 0) is 43.1 Å². The van der Waals surface area contributed by atoms with Gasteiger partial charge in [-0.1, -0.05) is 0 Å². The minimum absolute atomic E-state index is 0.00591. The van der Waals surface area contributed by atoms with Gasteiger partial charge in [0.15, 0.2) is 59.6 Å². The highest BCUT2D eigenvalue weighted by Gasteiger charge is 2.48. The topological polar surface area (TPSA) is 747 Å². The highest BCUT2D eigenvalue weighted by Crippen LogP contribution is 2.32. The lowest BCUT2D eigenvalue weighted by Gasteiger charge is -2.27. The van der Waals surface area contributed by atoms with E-state index in [-0.39, 0.29) is 169 Å². The van der Waals surface area contributed by atoms with E-state index in [0.29, 0.717) is 0 Å². The molecule has 0 aromatic carbocycles. The first-order chi connectivity index (χ1) is 43.5. The number of nitrogens with two attached hydrogens (primary N) is 13. The number of guanidine groups is 6. The molecule has 7 amide bonds. The maximum atomic E-state index is 14.6. The number of aliphatic carboxylic acids is 1. The molecule has 3 rings (SSSR count). The summed E-state index contributed by atoms with van der Waals surface area (Å²) in [4.78, 5) is 147. The average molecular weight is 1300 g/mol. The van der Waals surface area contributed by atoms with Crippen LogP contribution in [0.4, 0.5) is 5.82 Å². The van der Waals surface area contributed by atoms with E-state index >= 15 is 0 Å². The number of aliphatic hydroxyl groups is 2. The highest BCUT2D eigenvalue weighted by atomic mass is 16.6. The fourth-order valence-corrected chi connectivity index (χ4v) is 9.05. The second-order valence-electron chi connectivity index (χ2n) is 21.1. The zero-order chi connectivity index (χ0) is 68.6. The SMILES string of the molecule is C[C@@H](CC(=O)N[C@@H](CCCN=C(N)N)C(=O)N[C@@H](CCCN=C(N)N)C(=O)N[C@@H](CCCN=C(N)N)C(=O)N[C@@H](CCCN=C(N)N)C(=O)N[C@@H](CCCN=C(N)N)C(=O)N[C@@H](CCCN=C(N)N)C(=O)O)NC(=O)[C@H]1O[C@@H](n2cnc3c(N)ncnc32)[C@H](O)[C@@H]1O. The third-order valence-corrected chi connectivity index (χ3v) is 13.5. The monoisotopic (exact) mass is 1300 g/mol. The van der Waals surface area contributed by atoms with E-state index < -0.39 is 121 Å². The normalized spacial score (nSPS) is 17.2. The number of carbonyl (C=O) groups is 8. The standard InChI is InChI=1S/C50H90N30O12/c1-23(73-42(89)34-32(82)33(83)43(92-34)80-22-72-31-35(51)70-21-71-36(31)80)20-30(81)74-24(8-2-14-64-45(52)53)37(84)75-25(9-3-15-65-46(54)55)38(85)76-26(10-4-16-66-47(56)57)39(86)77-27(11-5-17-67-48(58)59)40(87)78-28(12-6-18-68-49(60)61)41(88)79-29(44(90)91)13-7-19-69-50(62)63/h21-29,32-34,43,82-83H,2-20H2,1H3,(H,73,89)(H,74,81)(H,75,84)(H,76,85)(H,77,86)(H,78,87)(H,79,88)(H,90,91)(H2,51,70,71)(H4,52,53,64)(H4,54,55,65)(H4,56,57,66)(H4,58,59,67)(H4,60,61,68)(H4,62,63,69)/t23-,24-,25-,26-,27-,28-,29-,32-,33+,34-,43+/m0/s1. The van der Waals surface area contributed by atoms with Crippen LogP contribution in [0.15, 0.2) is 42.6 Å². The number of fused-ring (bicyclic) bond motifs is 1. The minimum Gasteiger partial charge on any atom is -0.480 e. The van der Waals surface area contributed by atoms with Gasteiger partial charge in [-0.05, 0) is 84.0 Å². The summed E-state index contributed by atoms with van der Waals surface area (Å²) >= 11 is 0. The molecule has 0 unspecified atom stereocenters. The third kappa shape index (κ3) is 27.1. The zero-order valence-electron chi connectivity index (χ0n) is 50.9. The molecule has 36 N–H and O–H groups in total. The number of ether oxygens (including phenoxy) is 1. The fraction of sp³-hybridized carbons (Fsp3) is 0.620. The summed E-state index contributed by atoms with van der Waals surface area (Å²) < 4.78 is 7.05. The van der Waals surface area contributed by atoms with Crippen LogP contribution in [0.1, 0.15) is 96.6 Å². The number of aliphatic hydroxyl groups excluding tert-OH is 2. The Morgan fingerprint density at radius 2 is 0.815 bits per heavy atom. The van der Waals surface area contributed by atoms with Crippen molar-refractivity contribution in [2.24, 2.45) is 98.8 Å². The summed E-state index contributed by atoms with van der Waals surface area (Å²) in [6.07, 6.45) is -4.92. The molecule has 0 spiro atoms. The smallest absolute Gasteiger partial charge is 0.326 e. The number of rotatable bonds is 41. The molecule has 42 nitrogen and oxygen atoms in total. The van der Waals surface area contributed by atoms with Gasteiger partial charge in [0.2, 0.25) is 35.4 Å². The molecule has 92 heavy (non-hydrogen) atoms. The number of hydrogen-bond acceptors (Lipinski definition) is 21. The fourth-order valence-electron chi connectivity index (χ4n) is 9.05. The van der Waals surface area contributed by atoms with Gasteiger partial charge >= 0.3 is 5.97 Å². The summed E-state index contributed by atoms with van der Waals surface area (Å²) in [6, 6.07) is -9.83. The van der Waals surface area contributed by atoms with Gasteiger partial charge in [0, 0.05) is 51.7 Å². The van der Waals surface area contributed by atoms with Crippen LogP contribution < -0.4 is 112 Å². The molecule has 2 aromatic rings. The number of amides is 7. The Morgan fingerprint density at radius 1 is 0.489 bits per heavy atom. The number of aliphatic imine (C=N–C) groups is 6. The van der Waals surface area contributed by atoms with Gasteiger partial charge in [-0.25, -0.2) is 19.7 Å². The number of carboxylic acid groups (broad SMARTS) is 1. The number of imidazole rings is 1. The van der Waals surface area contributed by atoms with E-state index in [9.17, 15) is 53.7 Å². The Bertz CT molecular complexity index is 2970. The van der Waals surface area contributed by atoms with E-state index in [1.165, 1.54) is 17.8 Å². The number of hydrogen-bond donors (Lipinski definition) is 23. The van der Waals surface area contributed by atoms with E-state index in [2.05, 4.69) is 82.1 Å². The average Bonchev–Trinajstić information content (AvgIpc) is 1.64. The quantitative estimate of drug-likeness (QED) is 0.0167. The molecule has 42 heteroatoms. The zero-order valence-corrected chi connectivity index (χ0v) is 50.9. The molecule has 1 aliphatic heterocycles. The van der Waals surface area contributed by atoms with E-state index in [0.717, 1.165) is 6.33 Å². The Balaban J connectivity index is 1.94. The summed E-state index contributed by atoms with van der Waals surface area (Å²) in [5.41, 5.74) is 72.3. The maximum Gasteiger partial charge on any atom is 0.326 e. The van der Waals surface area contributed by atoms with Crippen molar-refractivity contribution in [1.29, 1.82) is 0 Å². The second-order valence-corrected chi connectivity index (χ2v) is 21.1. The van der Waals surface area contributed by atoms with Crippen molar-refractivity contribution in [1.82, 2.24) is 56.7 Å². The van der Waals surface area contributed by atoms with Crippen LogP contribution in [0.2, 0.25) is 0 Å². The van der Waals surface area contributed by atoms with Gasteiger partial charge < -0.3 is 132 Å². The number of aromatic nitrogens is 4.